The van der Waals surface area contributed by atoms with Gasteiger partial charge < -0.3 is 19.7 Å². The number of methoxy groups -OCH3 is 2. The molecular weight excluding hydrogens is 487 g/mol. The molecule has 0 aliphatic carbocycles. The van der Waals surface area contributed by atoms with Crippen LogP contribution < -0.4 is 15.0 Å². The Morgan fingerprint density at radius 1 is 1.29 bits per heavy atom. The van der Waals surface area contributed by atoms with Crippen LogP contribution in [-0.2, 0) is 19.3 Å². The fourth-order valence-corrected chi connectivity index (χ4v) is 4.31. The summed E-state index contributed by atoms with van der Waals surface area (Å²) >= 11 is 0. The van der Waals surface area contributed by atoms with Crippen LogP contribution >= 0.6 is 0 Å². The zero-order chi connectivity index (χ0) is 25.5. The fraction of sp³-hybridized carbons (Fsp3) is 0.400. The molecule has 1 aromatic carbocycles. The number of rotatable bonds is 6. The zero-order valence-electron chi connectivity index (χ0n) is 18.2. The molecular formula is C20H21F5N4O4S. The molecule has 0 radical (unpaired) electrons. The Morgan fingerprint density at radius 2 is 1.97 bits per heavy atom. The van der Waals surface area contributed by atoms with E-state index in [0.717, 1.165) is 37.5 Å². The van der Waals surface area contributed by atoms with Gasteiger partial charge in [-0.05, 0) is 24.3 Å². The Labute approximate surface area is 192 Å². The topological polar surface area (TPSA) is 105 Å². The molecule has 34 heavy (non-hydrogen) atoms. The summed E-state index contributed by atoms with van der Waals surface area (Å²) in [6.45, 7) is -0.899. The lowest BCUT2D eigenvalue weighted by atomic mass is 9.99. The maximum Gasteiger partial charge on any atom is 0.419 e. The number of aromatic nitrogens is 1. The Hall–Kier alpha value is -3.00. The molecule has 1 aliphatic heterocycles. The maximum atomic E-state index is 14.3. The van der Waals surface area contributed by atoms with Crippen molar-refractivity contribution in [2.45, 2.75) is 29.3 Å². The molecule has 1 aliphatic rings. The monoisotopic (exact) mass is 508 g/mol. The van der Waals surface area contributed by atoms with Crippen molar-refractivity contribution in [2.24, 2.45) is 0 Å². The highest BCUT2D eigenvalue weighted by Crippen LogP contribution is 2.47. The zero-order valence-corrected chi connectivity index (χ0v) is 19.0. The molecule has 8 nitrogen and oxygen atoms in total. The average Bonchev–Trinajstić information content (AvgIpc) is 3.16. The predicted molar refractivity (Wildman–Crippen MR) is 112 cm³/mol. The molecule has 1 amide bonds. The SMILES string of the molecule is COc1c(N2C[C@@](OC)(C(F)(F)F)C[C@H]2C(=O)Nc2ccnc(S(C)(=N)=O)c2)ccc(F)c1F. The summed E-state index contributed by atoms with van der Waals surface area (Å²) in [6, 6.07) is 2.65. The molecule has 186 valence electrons. The van der Waals surface area contributed by atoms with E-state index in [2.05, 4.69) is 10.3 Å². The number of carbonyl (C=O) groups is 1. The van der Waals surface area contributed by atoms with E-state index < -0.39 is 63.8 Å². The van der Waals surface area contributed by atoms with Crippen molar-refractivity contribution in [1.29, 1.82) is 4.78 Å². The minimum atomic E-state index is -4.90. The van der Waals surface area contributed by atoms with Gasteiger partial charge in [-0.1, -0.05) is 0 Å². The first kappa shape index (κ1) is 25.6. The minimum Gasteiger partial charge on any atom is -0.491 e. The third-order valence-corrected chi connectivity index (χ3v) is 6.50. The van der Waals surface area contributed by atoms with Crippen LogP contribution in [0.25, 0.3) is 0 Å². The van der Waals surface area contributed by atoms with Gasteiger partial charge in [0.2, 0.25) is 11.7 Å². The number of hydrogen-bond donors (Lipinski definition) is 2. The van der Waals surface area contributed by atoms with Crippen molar-refractivity contribution in [3.63, 3.8) is 0 Å². The number of amides is 1. The van der Waals surface area contributed by atoms with Crippen molar-refractivity contribution in [3.8, 4) is 5.75 Å². The van der Waals surface area contributed by atoms with Gasteiger partial charge in [-0.3, -0.25) is 4.79 Å². The van der Waals surface area contributed by atoms with Crippen LogP contribution in [0.1, 0.15) is 6.42 Å². The first-order chi connectivity index (χ1) is 15.7. The normalized spacial score (nSPS) is 22.4. The number of ether oxygens (including phenoxy) is 2. The highest BCUT2D eigenvalue weighted by Gasteiger charge is 2.63. The third kappa shape index (κ3) is 4.64. The standard InChI is InChI=1S/C20H21F5N4O4S/c1-32-17-13(5-4-12(21)16(17)22)29-10-19(33-2,20(23,24)25)9-14(29)18(30)28-11-6-7-27-15(8-11)34(3,26)31/h4-8,14,26H,9-10H2,1-3H3,(H,27,28,30)/t14-,19+,34?/m0/s1. The highest BCUT2D eigenvalue weighted by atomic mass is 32.2. The Morgan fingerprint density at radius 3 is 2.53 bits per heavy atom. The fourth-order valence-electron chi connectivity index (χ4n) is 3.70. The van der Waals surface area contributed by atoms with E-state index in [1.54, 1.807) is 0 Å². The molecule has 14 heteroatoms. The number of benzene rings is 1. The van der Waals surface area contributed by atoms with Crippen LogP contribution in [0.2, 0.25) is 0 Å². The van der Waals surface area contributed by atoms with Gasteiger partial charge in [0.05, 0.1) is 29.1 Å². The number of carbonyl (C=O) groups excluding carboxylic acids is 1. The van der Waals surface area contributed by atoms with Gasteiger partial charge in [-0.2, -0.15) is 17.6 Å². The summed E-state index contributed by atoms with van der Waals surface area (Å²) in [7, 11) is -1.37. The molecule has 1 unspecified atom stereocenters. The molecule has 2 aromatic rings. The second-order valence-corrected chi connectivity index (χ2v) is 9.78. The van der Waals surface area contributed by atoms with Crippen LogP contribution in [0, 0.1) is 16.4 Å². The van der Waals surface area contributed by atoms with Crippen molar-refractivity contribution < 1.29 is 40.4 Å². The summed E-state index contributed by atoms with van der Waals surface area (Å²) in [5, 5.41) is 2.27. The summed E-state index contributed by atoms with van der Waals surface area (Å²) < 4.78 is 99.2. The number of nitrogens with one attached hydrogen (secondary N) is 2. The molecule has 1 aromatic heterocycles. The Kier molecular flexibility index (Phi) is 6.77. The minimum absolute atomic E-state index is 0.0379. The second kappa shape index (κ2) is 8.98. The molecule has 0 bridgehead atoms. The van der Waals surface area contributed by atoms with E-state index in [4.69, 9.17) is 14.3 Å². The lowest BCUT2D eigenvalue weighted by molar-refractivity contribution is -0.261. The van der Waals surface area contributed by atoms with Crippen molar-refractivity contribution in [1.82, 2.24) is 4.98 Å². The van der Waals surface area contributed by atoms with Crippen LogP contribution in [0.15, 0.2) is 35.5 Å². The first-order valence-corrected chi connectivity index (χ1v) is 11.6. The van der Waals surface area contributed by atoms with Crippen molar-refractivity contribution in [3.05, 3.63) is 42.1 Å². The number of anilines is 2. The van der Waals surface area contributed by atoms with Gasteiger partial charge in [0, 0.05) is 31.7 Å². The summed E-state index contributed by atoms with van der Waals surface area (Å²) in [4.78, 5) is 17.9. The highest BCUT2D eigenvalue weighted by molar-refractivity contribution is 7.91. The van der Waals surface area contributed by atoms with E-state index in [0.29, 0.717) is 6.07 Å². The summed E-state index contributed by atoms with van der Waals surface area (Å²) in [5.41, 5.74) is -3.02. The number of halogens is 5. The number of nitrogens with zero attached hydrogens (tertiary/aromatic N) is 2. The van der Waals surface area contributed by atoms with Gasteiger partial charge in [0.1, 0.15) is 11.1 Å². The Bertz CT molecular complexity index is 1210. The summed E-state index contributed by atoms with van der Waals surface area (Å²) in [6.07, 6.45) is -3.46. The van der Waals surface area contributed by atoms with E-state index in [9.17, 15) is 31.0 Å². The van der Waals surface area contributed by atoms with Gasteiger partial charge >= 0.3 is 6.18 Å². The van der Waals surface area contributed by atoms with E-state index in [1.807, 2.05) is 0 Å². The van der Waals surface area contributed by atoms with E-state index >= 15 is 0 Å². The molecule has 1 saturated heterocycles. The van der Waals surface area contributed by atoms with Crippen LogP contribution in [0.4, 0.5) is 33.3 Å². The van der Waals surface area contributed by atoms with Gasteiger partial charge in [0.25, 0.3) is 0 Å². The van der Waals surface area contributed by atoms with Crippen LogP contribution in [0.3, 0.4) is 0 Å². The Balaban J connectivity index is 2.06. The molecule has 1 fully saturated rings. The van der Waals surface area contributed by atoms with Gasteiger partial charge in [0.15, 0.2) is 17.2 Å². The largest absolute Gasteiger partial charge is 0.491 e. The van der Waals surface area contributed by atoms with Crippen molar-refractivity contribution in [2.75, 3.05) is 37.2 Å². The van der Waals surface area contributed by atoms with Gasteiger partial charge in [-0.25, -0.2) is 18.4 Å². The van der Waals surface area contributed by atoms with Gasteiger partial charge in [-0.15, -0.1) is 0 Å². The molecule has 0 spiro atoms. The summed E-state index contributed by atoms with van der Waals surface area (Å²) in [5.74, 6) is -4.30. The van der Waals surface area contributed by atoms with Crippen molar-refractivity contribution >= 4 is 27.0 Å². The quantitative estimate of drug-likeness (QED) is 0.579. The molecule has 2 heterocycles. The van der Waals surface area contributed by atoms with Crippen LogP contribution in [-0.4, -0.2) is 59.9 Å². The second-order valence-electron chi connectivity index (χ2n) is 7.67. The number of alkyl halides is 3. The van der Waals surface area contributed by atoms with E-state index in [-0.39, 0.29) is 16.4 Å². The smallest absolute Gasteiger partial charge is 0.419 e. The third-order valence-electron chi connectivity index (χ3n) is 5.48. The lowest BCUT2D eigenvalue weighted by Crippen LogP contribution is -2.49. The predicted octanol–water partition coefficient (Wildman–Crippen LogP) is 3.57. The van der Waals surface area contributed by atoms with Crippen LogP contribution in [0.5, 0.6) is 5.75 Å². The molecule has 3 rings (SSSR count). The molecule has 3 atom stereocenters. The van der Waals surface area contributed by atoms with E-state index in [1.165, 1.54) is 12.3 Å². The average molecular weight is 508 g/mol. The molecule has 0 saturated carbocycles. The number of hydrogen-bond acceptors (Lipinski definition) is 7. The molecule has 2 N–H and O–H groups in total. The lowest BCUT2D eigenvalue weighted by Gasteiger charge is -2.31. The number of pyridine rings is 1. The first-order valence-electron chi connectivity index (χ1n) is 9.65. The maximum absolute atomic E-state index is 14.3.